The van der Waals surface area contributed by atoms with Gasteiger partial charge in [-0.3, -0.25) is 14.5 Å². The molecule has 1 aromatic carbocycles. The van der Waals surface area contributed by atoms with Gasteiger partial charge in [0.1, 0.15) is 5.82 Å². The molecule has 5 heteroatoms. The lowest BCUT2D eigenvalue weighted by Crippen LogP contribution is -2.38. The number of nitrogens with zero attached hydrogens (tertiary/aromatic N) is 1. The van der Waals surface area contributed by atoms with Crippen molar-refractivity contribution in [3.05, 3.63) is 35.6 Å². The maximum absolute atomic E-state index is 12.8. The number of carbonyl (C=O) groups excluding carboxylic acids is 2. The van der Waals surface area contributed by atoms with Crippen LogP contribution in [0.15, 0.2) is 24.3 Å². The summed E-state index contributed by atoms with van der Waals surface area (Å²) in [5.74, 6) is -0.760. The zero-order chi connectivity index (χ0) is 15.0. The fourth-order valence-corrected chi connectivity index (χ4v) is 1.95. The molecule has 1 amide bonds. The molecule has 0 saturated heterocycles. The summed E-state index contributed by atoms with van der Waals surface area (Å²) in [7, 11) is 0. The van der Waals surface area contributed by atoms with Crippen LogP contribution in [0.3, 0.4) is 0 Å². The highest BCUT2D eigenvalue weighted by molar-refractivity contribution is 5.83. The smallest absolute Gasteiger partial charge is 0.231 e. The van der Waals surface area contributed by atoms with E-state index in [0.717, 1.165) is 18.4 Å². The van der Waals surface area contributed by atoms with E-state index in [9.17, 15) is 14.0 Å². The van der Waals surface area contributed by atoms with Crippen molar-refractivity contribution in [3.63, 3.8) is 0 Å². The maximum Gasteiger partial charge on any atom is 0.231 e. The molecule has 0 aromatic heterocycles. The summed E-state index contributed by atoms with van der Waals surface area (Å²) in [5, 5.41) is 0. The molecule has 1 aromatic rings. The highest BCUT2D eigenvalue weighted by Gasteiger charge is 2.13. The molecule has 0 bridgehead atoms. The second-order valence-electron chi connectivity index (χ2n) is 4.87. The first-order valence-electron chi connectivity index (χ1n) is 6.78. The molecule has 0 heterocycles. The Morgan fingerprint density at radius 2 is 1.85 bits per heavy atom. The number of unbranched alkanes of at least 4 members (excludes halogenated alkanes) is 1. The molecule has 2 N–H and O–H groups in total. The van der Waals surface area contributed by atoms with Gasteiger partial charge in [0.25, 0.3) is 0 Å². The zero-order valence-electron chi connectivity index (χ0n) is 11.8. The van der Waals surface area contributed by atoms with Crippen molar-refractivity contribution in [2.75, 3.05) is 19.6 Å². The van der Waals surface area contributed by atoms with E-state index in [-0.39, 0.29) is 31.1 Å². The number of Topliss-reactive ketones (excluding diaryl/α,β-unsaturated/α-hetero) is 1. The van der Waals surface area contributed by atoms with Crippen LogP contribution in [0.1, 0.15) is 25.3 Å². The lowest BCUT2D eigenvalue weighted by Gasteiger charge is -2.19. The predicted molar refractivity (Wildman–Crippen MR) is 75.7 cm³/mol. The van der Waals surface area contributed by atoms with Gasteiger partial charge in [0.05, 0.1) is 13.1 Å². The Labute approximate surface area is 118 Å². The van der Waals surface area contributed by atoms with Crippen LogP contribution >= 0.6 is 0 Å². The van der Waals surface area contributed by atoms with Gasteiger partial charge in [-0.05, 0) is 30.7 Å². The van der Waals surface area contributed by atoms with Gasteiger partial charge in [-0.1, -0.05) is 25.5 Å². The number of halogens is 1. The van der Waals surface area contributed by atoms with Crippen LogP contribution in [-0.4, -0.2) is 36.2 Å². The van der Waals surface area contributed by atoms with E-state index in [1.165, 1.54) is 12.1 Å². The Hall–Kier alpha value is -1.75. The number of rotatable bonds is 9. The van der Waals surface area contributed by atoms with Crippen LogP contribution in [0.25, 0.3) is 0 Å². The number of ketones is 1. The van der Waals surface area contributed by atoms with E-state index in [1.54, 1.807) is 17.0 Å². The van der Waals surface area contributed by atoms with E-state index >= 15 is 0 Å². The minimum Gasteiger partial charge on any atom is -0.369 e. The van der Waals surface area contributed by atoms with Crippen molar-refractivity contribution in [1.82, 2.24) is 4.90 Å². The van der Waals surface area contributed by atoms with Gasteiger partial charge in [-0.15, -0.1) is 0 Å². The first-order valence-corrected chi connectivity index (χ1v) is 6.78. The third-order valence-corrected chi connectivity index (χ3v) is 2.92. The average molecular weight is 280 g/mol. The van der Waals surface area contributed by atoms with Crippen molar-refractivity contribution in [2.45, 2.75) is 26.2 Å². The molecule has 1 rings (SSSR count). The Morgan fingerprint density at radius 1 is 1.20 bits per heavy atom. The van der Waals surface area contributed by atoms with Crippen molar-refractivity contribution in [3.8, 4) is 0 Å². The summed E-state index contributed by atoms with van der Waals surface area (Å²) < 4.78 is 12.8. The van der Waals surface area contributed by atoms with Gasteiger partial charge in [0, 0.05) is 6.42 Å². The predicted octanol–water partition coefficient (Wildman–Crippen LogP) is 1.52. The van der Waals surface area contributed by atoms with Crippen LogP contribution < -0.4 is 5.73 Å². The number of benzene rings is 1. The number of hydrogen-bond acceptors (Lipinski definition) is 3. The van der Waals surface area contributed by atoms with E-state index in [1.807, 2.05) is 6.92 Å². The normalized spacial score (nSPS) is 10.8. The quantitative estimate of drug-likeness (QED) is 0.746. The molecule has 0 aliphatic heterocycles. The molecule has 0 spiro atoms. The molecule has 0 saturated carbocycles. The summed E-state index contributed by atoms with van der Waals surface area (Å²) in [4.78, 5) is 24.7. The van der Waals surface area contributed by atoms with Crippen molar-refractivity contribution < 1.29 is 14.0 Å². The molecule has 0 unspecified atom stereocenters. The molecule has 0 fully saturated rings. The Morgan fingerprint density at radius 3 is 2.40 bits per heavy atom. The van der Waals surface area contributed by atoms with E-state index in [2.05, 4.69) is 0 Å². The number of amides is 1. The minimum atomic E-state index is -0.435. The second kappa shape index (κ2) is 8.43. The van der Waals surface area contributed by atoms with Crippen LogP contribution in [0.4, 0.5) is 4.39 Å². The van der Waals surface area contributed by atoms with Gasteiger partial charge < -0.3 is 5.73 Å². The molecule has 20 heavy (non-hydrogen) atoms. The topological polar surface area (TPSA) is 63.4 Å². The van der Waals surface area contributed by atoms with Gasteiger partial charge in [-0.2, -0.15) is 0 Å². The minimum absolute atomic E-state index is 0.00559. The number of hydrogen-bond donors (Lipinski definition) is 1. The number of primary amides is 1. The molecule has 0 aliphatic rings. The highest BCUT2D eigenvalue weighted by atomic mass is 19.1. The Kier molecular flexibility index (Phi) is 6.87. The summed E-state index contributed by atoms with van der Waals surface area (Å²) in [5.41, 5.74) is 5.95. The van der Waals surface area contributed by atoms with Crippen molar-refractivity contribution in [1.29, 1.82) is 0 Å². The van der Waals surface area contributed by atoms with E-state index in [4.69, 9.17) is 5.73 Å². The summed E-state index contributed by atoms with van der Waals surface area (Å²) in [6.07, 6.45) is 2.14. The Bertz CT molecular complexity index is 446. The van der Waals surface area contributed by atoms with Gasteiger partial charge in [0.15, 0.2) is 5.78 Å². The fraction of sp³-hybridized carbons (Fsp3) is 0.467. The lowest BCUT2D eigenvalue weighted by atomic mass is 10.1. The third-order valence-electron chi connectivity index (χ3n) is 2.92. The molecule has 0 radical (unpaired) electrons. The van der Waals surface area contributed by atoms with Gasteiger partial charge in [0.2, 0.25) is 5.91 Å². The molecule has 110 valence electrons. The summed E-state index contributed by atoms with van der Waals surface area (Å²) >= 11 is 0. The standard InChI is InChI=1S/C15H21FN2O2/c1-2-3-8-18(11-15(17)20)10-14(19)9-12-4-6-13(16)7-5-12/h4-7H,2-3,8-11H2,1H3,(H2,17,20). The zero-order valence-corrected chi connectivity index (χ0v) is 11.8. The van der Waals surface area contributed by atoms with Crippen molar-refractivity contribution in [2.24, 2.45) is 5.73 Å². The number of carbonyl (C=O) groups is 2. The molecule has 4 nitrogen and oxygen atoms in total. The van der Waals surface area contributed by atoms with Crippen molar-refractivity contribution >= 4 is 11.7 Å². The monoisotopic (exact) mass is 280 g/mol. The Balaban J connectivity index is 2.51. The fourth-order valence-electron chi connectivity index (χ4n) is 1.95. The molecule has 0 aliphatic carbocycles. The van der Waals surface area contributed by atoms with Crippen LogP contribution in [0.2, 0.25) is 0 Å². The molecular weight excluding hydrogens is 259 g/mol. The SMILES string of the molecule is CCCCN(CC(N)=O)CC(=O)Cc1ccc(F)cc1. The summed E-state index contributed by atoms with van der Waals surface area (Å²) in [6.45, 7) is 3.01. The largest absolute Gasteiger partial charge is 0.369 e. The first-order chi connectivity index (χ1) is 9.51. The number of nitrogens with two attached hydrogens (primary N) is 1. The van der Waals surface area contributed by atoms with Crippen LogP contribution in [0, 0.1) is 5.82 Å². The molecular formula is C15H21FN2O2. The highest BCUT2D eigenvalue weighted by Crippen LogP contribution is 2.05. The van der Waals surface area contributed by atoms with Crippen LogP contribution in [-0.2, 0) is 16.0 Å². The average Bonchev–Trinajstić information content (AvgIpc) is 2.38. The third kappa shape index (κ3) is 6.43. The lowest BCUT2D eigenvalue weighted by molar-refractivity contribution is -0.122. The first kappa shape index (κ1) is 16.3. The van der Waals surface area contributed by atoms with E-state index in [0.29, 0.717) is 6.54 Å². The van der Waals surface area contributed by atoms with Crippen LogP contribution in [0.5, 0.6) is 0 Å². The maximum atomic E-state index is 12.8. The van der Waals surface area contributed by atoms with Gasteiger partial charge in [-0.25, -0.2) is 4.39 Å². The van der Waals surface area contributed by atoms with Gasteiger partial charge >= 0.3 is 0 Å². The second-order valence-corrected chi connectivity index (χ2v) is 4.87. The summed E-state index contributed by atoms with van der Waals surface area (Å²) in [6, 6.07) is 5.86. The molecule has 0 atom stereocenters. The van der Waals surface area contributed by atoms with E-state index < -0.39 is 5.91 Å².